The van der Waals surface area contributed by atoms with Crippen molar-refractivity contribution in [3.63, 3.8) is 0 Å². The van der Waals surface area contributed by atoms with Crippen LogP contribution in [0, 0.1) is 0 Å². The Kier molecular flexibility index (Phi) is 5.58. The first-order valence-electron chi connectivity index (χ1n) is 5.88. The van der Waals surface area contributed by atoms with Crippen molar-refractivity contribution in [2.45, 2.75) is 6.04 Å². The van der Waals surface area contributed by atoms with Gasteiger partial charge in [-0.1, -0.05) is 40.9 Å². The molecule has 0 bridgehead atoms. The van der Waals surface area contributed by atoms with E-state index in [1.165, 1.54) is 0 Å². The monoisotopic (exact) mass is 392 g/mol. The average molecular weight is 395 g/mol. The fraction of sp³-hybridized carbons (Fsp3) is 0.143. The van der Waals surface area contributed by atoms with Gasteiger partial charge < -0.3 is 11.1 Å². The van der Waals surface area contributed by atoms with Crippen LogP contribution in [0.3, 0.4) is 0 Å². The molecule has 0 aliphatic carbocycles. The van der Waals surface area contributed by atoms with Crippen LogP contribution in [0.25, 0.3) is 0 Å². The Morgan fingerprint density at radius 3 is 2.25 bits per heavy atom. The number of hydrogen-bond acceptors (Lipinski definition) is 2. The van der Waals surface area contributed by atoms with Crippen molar-refractivity contribution in [3.05, 3.63) is 61.5 Å². The number of anilines is 1. The molecular formula is C14H12BrCl3N2. The second-order valence-corrected chi connectivity index (χ2v) is 6.27. The highest BCUT2D eigenvalue weighted by Gasteiger charge is 2.16. The number of benzene rings is 2. The molecule has 0 spiro atoms. The molecule has 3 N–H and O–H groups in total. The Bertz CT molecular complexity index is 599. The lowest BCUT2D eigenvalue weighted by Gasteiger charge is -2.21. The first-order chi connectivity index (χ1) is 9.52. The van der Waals surface area contributed by atoms with E-state index in [-0.39, 0.29) is 6.04 Å². The topological polar surface area (TPSA) is 38.0 Å². The van der Waals surface area contributed by atoms with Crippen LogP contribution >= 0.6 is 50.7 Å². The molecule has 0 radical (unpaired) electrons. The molecule has 106 valence electrons. The summed E-state index contributed by atoms with van der Waals surface area (Å²) in [6.45, 7) is 0.365. The number of halogens is 4. The summed E-state index contributed by atoms with van der Waals surface area (Å²) >= 11 is 21.8. The standard InChI is InChI=1S/C14H12BrCl3N2/c15-9-6-8(4-5-10(9)16)20-13(7-19)14-11(17)2-1-3-12(14)18/h1-6,13,20H,7,19H2. The van der Waals surface area contributed by atoms with E-state index in [9.17, 15) is 0 Å². The maximum Gasteiger partial charge on any atom is 0.0665 e. The second kappa shape index (κ2) is 7.01. The summed E-state index contributed by atoms with van der Waals surface area (Å²) in [6.07, 6.45) is 0. The van der Waals surface area contributed by atoms with E-state index >= 15 is 0 Å². The smallest absolute Gasteiger partial charge is 0.0665 e. The predicted octanol–water partition coefficient (Wildman–Crippen LogP) is 5.52. The number of hydrogen-bond donors (Lipinski definition) is 2. The van der Waals surface area contributed by atoms with Crippen molar-refractivity contribution in [3.8, 4) is 0 Å². The molecule has 0 aliphatic heterocycles. The molecule has 0 aliphatic rings. The van der Waals surface area contributed by atoms with E-state index in [0.29, 0.717) is 21.6 Å². The van der Waals surface area contributed by atoms with Gasteiger partial charge in [0.2, 0.25) is 0 Å². The van der Waals surface area contributed by atoms with E-state index in [0.717, 1.165) is 15.7 Å². The summed E-state index contributed by atoms with van der Waals surface area (Å²) in [5, 5.41) is 5.14. The Balaban J connectivity index is 2.31. The molecule has 0 fully saturated rings. The zero-order valence-corrected chi connectivity index (χ0v) is 14.2. The van der Waals surface area contributed by atoms with Crippen LogP contribution in [0.15, 0.2) is 40.9 Å². The third-order valence-corrected chi connectivity index (χ3v) is 4.72. The normalized spacial score (nSPS) is 12.2. The molecule has 0 saturated heterocycles. The average Bonchev–Trinajstić information content (AvgIpc) is 2.41. The van der Waals surface area contributed by atoms with Crippen molar-refractivity contribution < 1.29 is 0 Å². The van der Waals surface area contributed by atoms with Crippen LogP contribution in [0.1, 0.15) is 11.6 Å². The van der Waals surface area contributed by atoms with Crippen LogP contribution in [-0.2, 0) is 0 Å². The van der Waals surface area contributed by atoms with Crippen LogP contribution in [0.4, 0.5) is 5.69 Å². The maximum atomic E-state index is 6.22. The molecule has 2 aromatic carbocycles. The minimum absolute atomic E-state index is 0.177. The van der Waals surface area contributed by atoms with Crippen LogP contribution in [0.5, 0.6) is 0 Å². The molecule has 0 amide bonds. The fourth-order valence-electron chi connectivity index (χ4n) is 1.88. The Labute approximate surface area is 141 Å². The molecule has 2 nitrogen and oxygen atoms in total. The van der Waals surface area contributed by atoms with Gasteiger partial charge in [0, 0.05) is 32.3 Å². The van der Waals surface area contributed by atoms with Gasteiger partial charge in [-0.25, -0.2) is 0 Å². The van der Waals surface area contributed by atoms with Gasteiger partial charge in [0.1, 0.15) is 0 Å². The molecule has 6 heteroatoms. The van der Waals surface area contributed by atoms with Crippen molar-refractivity contribution in [1.82, 2.24) is 0 Å². The van der Waals surface area contributed by atoms with Crippen LogP contribution in [-0.4, -0.2) is 6.54 Å². The highest BCUT2D eigenvalue weighted by atomic mass is 79.9. The van der Waals surface area contributed by atoms with Crippen molar-refractivity contribution >= 4 is 56.4 Å². The Morgan fingerprint density at radius 1 is 1.05 bits per heavy atom. The van der Waals surface area contributed by atoms with Gasteiger partial charge >= 0.3 is 0 Å². The van der Waals surface area contributed by atoms with Gasteiger partial charge in [-0.3, -0.25) is 0 Å². The molecule has 2 aromatic rings. The summed E-state index contributed by atoms with van der Waals surface area (Å²) < 4.78 is 0.810. The molecule has 2 rings (SSSR count). The third kappa shape index (κ3) is 3.60. The summed E-state index contributed by atoms with van der Waals surface area (Å²) in [5.41, 5.74) is 7.52. The van der Waals surface area contributed by atoms with Crippen LogP contribution < -0.4 is 11.1 Å². The van der Waals surface area contributed by atoms with E-state index < -0.39 is 0 Å². The van der Waals surface area contributed by atoms with E-state index in [2.05, 4.69) is 21.2 Å². The third-order valence-electron chi connectivity index (χ3n) is 2.84. The Hall–Kier alpha value is -0.450. The van der Waals surface area contributed by atoms with Gasteiger partial charge in [0.05, 0.1) is 11.1 Å². The Morgan fingerprint density at radius 2 is 1.70 bits per heavy atom. The molecule has 0 heterocycles. The van der Waals surface area contributed by atoms with Gasteiger partial charge in [-0.2, -0.15) is 0 Å². The lowest BCUT2D eigenvalue weighted by molar-refractivity contribution is 0.790. The molecular weight excluding hydrogens is 382 g/mol. The number of nitrogens with two attached hydrogens (primary N) is 1. The van der Waals surface area contributed by atoms with Gasteiger partial charge in [-0.05, 0) is 46.3 Å². The number of rotatable bonds is 4. The molecule has 1 atom stereocenters. The predicted molar refractivity (Wildman–Crippen MR) is 91.0 cm³/mol. The molecule has 1 unspecified atom stereocenters. The van der Waals surface area contributed by atoms with Crippen LogP contribution in [0.2, 0.25) is 15.1 Å². The van der Waals surface area contributed by atoms with E-state index in [4.69, 9.17) is 40.5 Å². The minimum Gasteiger partial charge on any atom is -0.377 e. The zero-order valence-electron chi connectivity index (χ0n) is 10.3. The quantitative estimate of drug-likeness (QED) is 0.716. The largest absolute Gasteiger partial charge is 0.377 e. The molecule has 20 heavy (non-hydrogen) atoms. The minimum atomic E-state index is -0.177. The zero-order chi connectivity index (χ0) is 14.7. The SMILES string of the molecule is NCC(Nc1ccc(Cl)c(Br)c1)c1c(Cl)cccc1Cl. The highest BCUT2D eigenvalue weighted by Crippen LogP contribution is 2.33. The van der Waals surface area contributed by atoms with Gasteiger partial charge in [-0.15, -0.1) is 0 Å². The summed E-state index contributed by atoms with van der Waals surface area (Å²) in [4.78, 5) is 0. The van der Waals surface area contributed by atoms with Crippen molar-refractivity contribution in [1.29, 1.82) is 0 Å². The molecule has 0 aromatic heterocycles. The first kappa shape index (κ1) is 15.9. The van der Waals surface area contributed by atoms with Crippen molar-refractivity contribution in [2.24, 2.45) is 5.73 Å². The second-order valence-electron chi connectivity index (χ2n) is 4.20. The first-order valence-corrected chi connectivity index (χ1v) is 7.81. The van der Waals surface area contributed by atoms with E-state index in [1.54, 1.807) is 24.3 Å². The van der Waals surface area contributed by atoms with Gasteiger partial charge in [0.15, 0.2) is 0 Å². The highest BCUT2D eigenvalue weighted by molar-refractivity contribution is 9.10. The summed E-state index contributed by atoms with van der Waals surface area (Å²) in [7, 11) is 0. The lowest BCUT2D eigenvalue weighted by Crippen LogP contribution is -2.21. The molecule has 0 saturated carbocycles. The fourth-order valence-corrected chi connectivity index (χ4v) is 3.04. The lowest BCUT2D eigenvalue weighted by atomic mass is 10.1. The summed E-state index contributed by atoms with van der Waals surface area (Å²) in [6, 6.07) is 10.8. The van der Waals surface area contributed by atoms with E-state index in [1.807, 2.05) is 12.1 Å². The maximum absolute atomic E-state index is 6.22. The summed E-state index contributed by atoms with van der Waals surface area (Å²) in [5.74, 6) is 0. The van der Waals surface area contributed by atoms with Gasteiger partial charge in [0.25, 0.3) is 0 Å². The van der Waals surface area contributed by atoms with Crippen molar-refractivity contribution in [2.75, 3.05) is 11.9 Å². The number of nitrogens with one attached hydrogen (secondary N) is 1.